The third kappa shape index (κ3) is 4.68. The van der Waals surface area contributed by atoms with Crippen LogP contribution in [0.15, 0.2) is 47.1 Å². The van der Waals surface area contributed by atoms with Gasteiger partial charge in [-0.2, -0.15) is 0 Å². The minimum Gasteiger partial charge on any atom is -0.459 e. The van der Waals surface area contributed by atoms with Crippen molar-refractivity contribution in [2.75, 3.05) is 6.54 Å². The minimum absolute atomic E-state index is 0.156. The van der Waals surface area contributed by atoms with Crippen molar-refractivity contribution in [2.24, 2.45) is 5.92 Å². The largest absolute Gasteiger partial charge is 0.459 e. The molecule has 0 saturated heterocycles. The van der Waals surface area contributed by atoms with Crippen LogP contribution in [-0.4, -0.2) is 29.3 Å². The normalized spacial score (nSPS) is 14.8. The van der Waals surface area contributed by atoms with Crippen LogP contribution in [-0.2, 0) is 11.3 Å². The lowest BCUT2D eigenvalue weighted by molar-refractivity contribution is -0.133. The quantitative estimate of drug-likeness (QED) is 0.840. The third-order valence-corrected chi connectivity index (χ3v) is 4.24. The van der Waals surface area contributed by atoms with Crippen LogP contribution in [0.4, 0.5) is 4.39 Å². The molecule has 1 atom stereocenters. The minimum atomic E-state index is -0.670. The number of halogens is 1. The summed E-state index contributed by atoms with van der Waals surface area (Å²) in [6, 6.07) is 8.62. The van der Waals surface area contributed by atoms with E-state index < -0.39 is 11.9 Å². The summed E-state index contributed by atoms with van der Waals surface area (Å²) in [5.41, 5.74) is 0.861. The second kappa shape index (κ2) is 7.51. The Balaban J connectivity index is 1.65. The molecule has 3 rings (SSSR count). The lowest BCUT2D eigenvalue weighted by atomic mass is 10.1. The molecule has 6 heteroatoms. The topological polar surface area (TPSA) is 62.6 Å². The summed E-state index contributed by atoms with van der Waals surface area (Å²) in [6.07, 6.45) is 3.63. The number of nitrogens with one attached hydrogen (secondary N) is 1. The molecule has 0 aliphatic heterocycles. The maximum Gasteiger partial charge on any atom is 0.287 e. The van der Waals surface area contributed by atoms with Gasteiger partial charge in [0, 0.05) is 13.1 Å². The molecule has 1 aromatic heterocycles. The zero-order chi connectivity index (χ0) is 17.8. The van der Waals surface area contributed by atoms with Gasteiger partial charge in [-0.05, 0) is 55.5 Å². The van der Waals surface area contributed by atoms with Gasteiger partial charge in [0.25, 0.3) is 5.91 Å². The number of amides is 2. The van der Waals surface area contributed by atoms with Crippen molar-refractivity contribution >= 4 is 11.8 Å². The zero-order valence-corrected chi connectivity index (χ0v) is 14.1. The average molecular weight is 344 g/mol. The van der Waals surface area contributed by atoms with Crippen LogP contribution in [0, 0.1) is 11.7 Å². The molecule has 1 saturated carbocycles. The Kier molecular flexibility index (Phi) is 5.16. The van der Waals surface area contributed by atoms with Crippen LogP contribution in [0.3, 0.4) is 0 Å². The third-order valence-electron chi connectivity index (χ3n) is 4.24. The molecule has 1 fully saturated rings. The SMILES string of the molecule is CC(NC(=O)c1ccco1)C(=O)N(Cc1ccc(F)cc1)CC1CC1. The van der Waals surface area contributed by atoms with Crippen molar-refractivity contribution in [2.45, 2.75) is 32.4 Å². The van der Waals surface area contributed by atoms with E-state index in [4.69, 9.17) is 4.42 Å². The molecule has 25 heavy (non-hydrogen) atoms. The highest BCUT2D eigenvalue weighted by Gasteiger charge is 2.29. The summed E-state index contributed by atoms with van der Waals surface area (Å²) in [5.74, 6) is -0.192. The van der Waals surface area contributed by atoms with Gasteiger partial charge in [0.15, 0.2) is 5.76 Å². The van der Waals surface area contributed by atoms with E-state index in [9.17, 15) is 14.0 Å². The van der Waals surface area contributed by atoms with Gasteiger partial charge in [-0.25, -0.2) is 4.39 Å². The fourth-order valence-corrected chi connectivity index (χ4v) is 2.67. The maximum atomic E-state index is 13.1. The van der Waals surface area contributed by atoms with Crippen molar-refractivity contribution < 1.29 is 18.4 Å². The van der Waals surface area contributed by atoms with Crippen LogP contribution in [0.1, 0.15) is 35.9 Å². The van der Waals surface area contributed by atoms with E-state index in [2.05, 4.69) is 5.32 Å². The van der Waals surface area contributed by atoms with Crippen LogP contribution >= 0.6 is 0 Å². The van der Waals surface area contributed by atoms with Gasteiger partial charge >= 0.3 is 0 Å². The molecule has 0 spiro atoms. The van der Waals surface area contributed by atoms with Crippen LogP contribution in [0.5, 0.6) is 0 Å². The predicted octanol–water partition coefficient (Wildman–Crippen LogP) is 2.98. The van der Waals surface area contributed by atoms with E-state index in [0.717, 1.165) is 18.4 Å². The van der Waals surface area contributed by atoms with Crippen molar-refractivity contribution in [3.05, 3.63) is 59.8 Å². The highest BCUT2D eigenvalue weighted by Crippen LogP contribution is 2.30. The zero-order valence-electron chi connectivity index (χ0n) is 14.1. The number of nitrogens with zero attached hydrogens (tertiary/aromatic N) is 1. The molecule has 0 bridgehead atoms. The molecule has 1 unspecified atom stereocenters. The molecular weight excluding hydrogens is 323 g/mol. The molecule has 2 aromatic rings. The fourth-order valence-electron chi connectivity index (χ4n) is 2.67. The maximum absolute atomic E-state index is 13.1. The lowest BCUT2D eigenvalue weighted by Gasteiger charge is -2.26. The summed E-state index contributed by atoms with van der Waals surface area (Å²) < 4.78 is 18.1. The van der Waals surface area contributed by atoms with Gasteiger partial charge in [0.2, 0.25) is 5.91 Å². The number of hydrogen-bond acceptors (Lipinski definition) is 3. The number of furan rings is 1. The molecule has 0 radical (unpaired) electrons. The molecule has 2 amide bonds. The van der Waals surface area contributed by atoms with Crippen LogP contribution < -0.4 is 5.32 Å². The van der Waals surface area contributed by atoms with Crippen molar-refractivity contribution in [3.63, 3.8) is 0 Å². The Morgan fingerprint density at radius 2 is 2.00 bits per heavy atom. The first-order valence-corrected chi connectivity index (χ1v) is 8.40. The van der Waals surface area contributed by atoms with Gasteiger partial charge in [-0.3, -0.25) is 9.59 Å². The Morgan fingerprint density at radius 3 is 2.60 bits per heavy atom. The summed E-state index contributed by atoms with van der Waals surface area (Å²) in [4.78, 5) is 26.6. The van der Waals surface area contributed by atoms with Gasteiger partial charge in [-0.15, -0.1) is 0 Å². The summed E-state index contributed by atoms with van der Waals surface area (Å²) in [7, 11) is 0. The van der Waals surface area contributed by atoms with Crippen LogP contribution in [0.2, 0.25) is 0 Å². The fraction of sp³-hybridized carbons (Fsp3) is 0.368. The molecule has 1 aromatic carbocycles. The molecule has 1 N–H and O–H groups in total. The van der Waals surface area contributed by atoms with Gasteiger partial charge in [0.1, 0.15) is 11.9 Å². The smallest absolute Gasteiger partial charge is 0.287 e. The Labute approximate surface area is 145 Å². The number of carbonyl (C=O) groups is 2. The van der Waals surface area contributed by atoms with E-state index in [1.807, 2.05) is 0 Å². The summed E-state index contributed by atoms with van der Waals surface area (Å²) in [5, 5.41) is 2.67. The lowest BCUT2D eigenvalue weighted by Crippen LogP contribution is -2.47. The first-order valence-electron chi connectivity index (χ1n) is 8.40. The van der Waals surface area contributed by atoms with E-state index in [0.29, 0.717) is 19.0 Å². The number of carbonyl (C=O) groups excluding carboxylic acids is 2. The molecule has 1 heterocycles. The van der Waals surface area contributed by atoms with Crippen molar-refractivity contribution in [1.29, 1.82) is 0 Å². The highest BCUT2D eigenvalue weighted by molar-refractivity contribution is 5.95. The van der Waals surface area contributed by atoms with Gasteiger partial charge in [-0.1, -0.05) is 12.1 Å². The van der Waals surface area contributed by atoms with Crippen molar-refractivity contribution in [3.8, 4) is 0 Å². The average Bonchev–Trinajstić information content (AvgIpc) is 3.24. The molecule has 132 valence electrons. The second-order valence-electron chi connectivity index (χ2n) is 6.46. The van der Waals surface area contributed by atoms with Gasteiger partial charge in [0.05, 0.1) is 6.26 Å². The Hall–Kier alpha value is -2.63. The molecule has 1 aliphatic carbocycles. The number of rotatable bonds is 7. The molecular formula is C19H21FN2O3. The summed E-state index contributed by atoms with van der Waals surface area (Å²) >= 11 is 0. The molecule has 5 nitrogen and oxygen atoms in total. The Bertz CT molecular complexity index is 724. The predicted molar refractivity (Wildman–Crippen MR) is 90.2 cm³/mol. The van der Waals surface area contributed by atoms with Gasteiger partial charge < -0.3 is 14.6 Å². The van der Waals surface area contributed by atoms with E-state index in [-0.39, 0.29) is 17.5 Å². The molecule has 1 aliphatic rings. The van der Waals surface area contributed by atoms with E-state index >= 15 is 0 Å². The first kappa shape index (κ1) is 17.2. The number of benzene rings is 1. The summed E-state index contributed by atoms with van der Waals surface area (Å²) in [6.45, 7) is 2.71. The monoisotopic (exact) mass is 344 g/mol. The highest BCUT2D eigenvalue weighted by atomic mass is 19.1. The first-order chi connectivity index (χ1) is 12.0. The van der Waals surface area contributed by atoms with E-state index in [1.54, 1.807) is 36.1 Å². The standard InChI is InChI=1S/C19H21FN2O3/c1-13(21-18(23)17-3-2-10-25-17)19(24)22(11-14-4-5-14)12-15-6-8-16(20)9-7-15/h2-3,6-10,13-14H,4-5,11-12H2,1H3,(H,21,23). The van der Waals surface area contributed by atoms with Crippen molar-refractivity contribution in [1.82, 2.24) is 10.2 Å². The van der Waals surface area contributed by atoms with Crippen LogP contribution in [0.25, 0.3) is 0 Å². The second-order valence-corrected chi connectivity index (χ2v) is 6.46. The number of hydrogen-bond donors (Lipinski definition) is 1. The van der Waals surface area contributed by atoms with E-state index in [1.165, 1.54) is 18.4 Å². The Morgan fingerprint density at radius 1 is 1.28 bits per heavy atom.